The van der Waals surface area contributed by atoms with Gasteiger partial charge in [0, 0.05) is 32.0 Å². The summed E-state index contributed by atoms with van der Waals surface area (Å²) >= 11 is 0. The van der Waals surface area contributed by atoms with Crippen molar-refractivity contribution in [2.24, 2.45) is 0 Å². The lowest BCUT2D eigenvalue weighted by Crippen LogP contribution is -2.42. The third-order valence-corrected chi connectivity index (χ3v) is 4.57. The second kappa shape index (κ2) is 8.16. The van der Waals surface area contributed by atoms with E-state index in [0.29, 0.717) is 31.5 Å². The maximum Gasteiger partial charge on any atom is 0.335 e. The molecular formula is C20H19F2NO4. The molecule has 142 valence electrons. The fourth-order valence-corrected chi connectivity index (χ4v) is 3.13. The number of carboxylic acid groups (broad SMARTS) is 1. The Bertz CT molecular complexity index is 848. The third-order valence-electron chi connectivity index (χ3n) is 4.57. The molecule has 3 rings (SSSR count). The number of carbonyl (C=O) groups excluding carboxylic acids is 1. The molecule has 5 nitrogen and oxygen atoms in total. The van der Waals surface area contributed by atoms with Gasteiger partial charge < -0.3 is 14.7 Å². The number of ether oxygens (including phenoxy) is 1. The SMILES string of the molecule is O=C(O)c1ccccc1CC(=O)N1CCC(Oc2ccc(F)cc2F)CC1. The van der Waals surface area contributed by atoms with E-state index in [1.165, 1.54) is 12.1 Å². The number of hydrogen-bond donors (Lipinski definition) is 1. The molecule has 1 heterocycles. The predicted octanol–water partition coefficient (Wildman–Crippen LogP) is 3.28. The maximum absolute atomic E-state index is 13.7. The van der Waals surface area contributed by atoms with Crippen molar-refractivity contribution in [3.8, 4) is 5.75 Å². The van der Waals surface area contributed by atoms with Crippen LogP contribution in [0.5, 0.6) is 5.75 Å². The lowest BCUT2D eigenvalue weighted by atomic mass is 10.0. The number of carbonyl (C=O) groups is 2. The summed E-state index contributed by atoms with van der Waals surface area (Å²) in [5, 5.41) is 9.21. The minimum Gasteiger partial charge on any atom is -0.487 e. The van der Waals surface area contributed by atoms with Gasteiger partial charge in [0.1, 0.15) is 11.9 Å². The topological polar surface area (TPSA) is 66.8 Å². The van der Waals surface area contributed by atoms with Gasteiger partial charge in [-0.1, -0.05) is 18.2 Å². The molecule has 0 atom stereocenters. The van der Waals surface area contributed by atoms with Crippen LogP contribution in [0.1, 0.15) is 28.8 Å². The summed E-state index contributed by atoms with van der Waals surface area (Å²) < 4.78 is 32.2. The largest absolute Gasteiger partial charge is 0.487 e. The van der Waals surface area contributed by atoms with Crippen molar-refractivity contribution in [3.63, 3.8) is 0 Å². The predicted molar refractivity (Wildman–Crippen MR) is 93.7 cm³/mol. The molecule has 1 aliphatic heterocycles. The third kappa shape index (κ3) is 4.61. The number of likely N-dealkylation sites (tertiary alicyclic amines) is 1. The first-order valence-electron chi connectivity index (χ1n) is 8.64. The van der Waals surface area contributed by atoms with Gasteiger partial charge in [-0.25, -0.2) is 13.6 Å². The van der Waals surface area contributed by atoms with E-state index < -0.39 is 17.6 Å². The second-order valence-corrected chi connectivity index (χ2v) is 6.41. The first-order chi connectivity index (χ1) is 12.9. The van der Waals surface area contributed by atoms with E-state index in [9.17, 15) is 23.5 Å². The van der Waals surface area contributed by atoms with Crippen LogP contribution in [-0.2, 0) is 11.2 Å². The Labute approximate surface area is 155 Å². The molecule has 1 N–H and O–H groups in total. The van der Waals surface area contributed by atoms with Crippen LogP contribution in [0.15, 0.2) is 42.5 Å². The smallest absolute Gasteiger partial charge is 0.335 e. The van der Waals surface area contributed by atoms with Gasteiger partial charge in [0.25, 0.3) is 0 Å². The monoisotopic (exact) mass is 375 g/mol. The Hall–Kier alpha value is -2.96. The van der Waals surface area contributed by atoms with Crippen LogP contribution in [0, 0.1) is 11.6 Å². The van der Waals surface area contributed by atoms with E-state index in [1.807, 2.05) is 0 Å². The first kappa shape index (κ1) is 18.8. The van der Waals surface area contributed by atoms with Crippen LogP contribution in [-0.4, -0.2) is 41.1 Å². The number of aromatic carboxylic acids is 1. The Morgan fingerprint density at radius 3 is 2.48 bits per heavy atom. The van der Waals surface area contributed by atoms with Gasteiger partial charge >= 0.3 is 5.97 Å². The summed E-state index contributed by atoms with van der Waals surface area (Å²) in [7, 11) is 0. The van der Waals surface area contributed by atoms with Crippen molar-refractivity contribution in [3.05, 3.63) is 65.2 Å². The van der Waals surface area contributed by atoms with Gasteiger partial charge in [0.15, 0.2) is 11.6 Å². The minimum absolute atomic E-state index is 0.00318. The maximum atomic E-state index is 13.7. The molecule has 1 aliphatic rings. The molecule has 0 unspecified atom stereocenters. The molecule has 1 fully saturated rings. The van der Waals surface area contributed by atoms with Crippen LogP contribution < -0.4 is 4.74 Å². The van der Waals surface area contributed by atoms with Crippen molar-refractivity contribution in [2.75, 3.05) is 13.1 Å². The van der Waals surface area contributed by atoms with Crippen molar-refractivity contribution in [1.82, 2.24) is 4.90 Å². The van der Waals surface area contributed by atoms with E-state index in [0.717, 1.165) is 12.1 Å². The summed E-state index contributed by atoms with van der Waals surface area (Å²) in [5.74, 6) is -2.64. The zero-order chi connectivity index (χ0) is 19.4. The summed E-state index contributed by atoms with van der Waals surface area (Å²) in [6.45, 7) is 0.864. The number of nitrogens with zero attached hydrogens (tertiary/aromatic N) is 1. The summed E-state index contributed by atoms with van der Waals surface area (Å²) in [5.41, 5.74) is 0.595. The summed E-state index contributed by atoms with van der Waals surface area (Å²) in [6.07, 6.45) is 0.785. The number of amides is 1. The van der Waals surface area contributed by atoms with Crippen LogP contribution in [0.25, 0.3) is 0 Å². The zero-order valence-corrected chi connectivity index (χ0v) is 14.5. The lowest BCUT2D eigenvalue weighted by Gasteiger charge is -2.32. The van der Waals surface area contributed by atoms with E-state index in [-0.39, 0.29) is 29.7 Å². The average Bonchev–Trinajstić information content (AvgIpc) is 2.65. The zero-order valence-electron chi connectivity index (χ0n) is 14.5. The molecule has 27 heavy (non-hydrogen) atoms. The quantitative estimate of drug-likeness (QED) is 0.871. The Morgan fingerprint density at radius 1 is 1.11 bits per heavy atom. The number of hydrogen-bond acceptors (Lipinski definition) is 3. The molecule has 0 aliphatic carbocycles. The van der Waals surface area contributed by atoms with Crippen LogP contribution in [0.4, 0.5) is 8.78 Å². The highest BCUT2D eigenvalue weighted by Crippen LogP contribution is 2.23. The first-order valence-corrected chi connectivity index (χ1v) is 8.64. The number of halogens is 2. The lowest BCUT2D eigenvalue weighted by molar-refractivity contribution is -0.132. The van der Waals surface area contributed by atoms with Crippen molar-refractivity contribution < 1.29 is 28.2 Å². The Morgan fingerprint density at radius 2 is 1.81 bits per heavy atom. The highest BCUT2D eigenvalue weighted by Gasteiger charge is 2.25. The summed E-state index contributed by atoms with van der Waals surface area (Å²) in [4.78, 5) is 25.4. The molecule has 1 saturated heterocycles. The van der Waals surface area contributed by atoms with Crippen LogP contribution in [0.3, 0.4) is 0 Å². The normalized spacial score (nSPS) is 14.8. The van der Waals surface area contributed by atoms with Crippen molar-refractivity contribution in [1.29, 1.82) is 0 Å². The molecule has 2 aromatic rings. The fourth-order valence-electron chi connectivity index (χ4n) is 3.13. The van der Waals surface area contributed by atoms with E-state index >= 15 is 0 Å². The van der Waals surface area contributed by atoms with E-state index in [2.05, 4.69) is 0 Å². The minimum atomic E-state index is -1.06. The molecule has 0 spiro atoms. The van der Waals surface area contributed by atoms with Crippen molar-refractivity contribution in [2.45, 2.75) is 25.4 Å². The Kier molecular flexibility index (Phi) is 5.69. The standard InChI is InChI=1S/C20H19F2NO4/c21-14-5-6-18(17(22)12-14)27-15-7-9-23(10-8-15)19(24)11-13-3-1-2-4-16(13)20(25)26/h1-6,12,15H,7-11H2,(H,25,26). The van der Waals surface area contributed by atoms with Crippen LogP contribution >= 0.6 is 0 Å². The van der Waals surface area contributed by atoms with E-state index in [1.54, 1.807) is 23.1 Å². The number of rotatable bonds is 5. The van der Waals surface area contributed by atoms with E-state index in [4.69, 9.17) is 4.74 Å². The van der Waals surface area contributed by atoms with Gasteiger partial charge in [0.05, 0.1) is 12.0 Å². The molecule has 0 saturated carbocycles. The van der Waals surface area contributed by atoms with Gasteiger partial charge in [-0.05, 0) is 23.8 Å². The highest BCUT2D eigenvalue weighted by atomic mass is 19.1. The number of benzene rings is 2. The highest BCUT2D eigenvalue weighted by molar-refractivity contribution is 5.91. The number of piperidine rings is 1. The molecule has 2 aromatic carbocycles. The van der Waals surface area contributed by atoms with Crippen LogP contribution in [0.2, 0.25) is 0 Å². The molecule has 7 heteroatoms. The van der Waals surface area contributed by atoms with Gasteiger partial charge in [-0.15, -0.1) is 0 Å². The summed E-state index contributed by atoms with van der Waals surface area (Å²) in [6, 6.07) is 9.59. The van der Waals surface area contributed by atoms with Crippen molar-refractivity contribution >= 4 is 11.9 Å². The molecule has 0 aromatic heterocycles. The molecule has 0 bridgehead atoms. The number of carboxylic acids is 1. The molecule has 1 amide bonds. The van der Waals surface area contributed by atoms with Gasteiger partial charge in [0.2, 0.25) is 5.91 Å². The molecule has 0 radical (unpaired) electrons. The van der Waals surface area contributed by atoms with Gasteiger partial charge in [-0.2, -0.15) is 0 Å². The van der Waals surface area contributed by atoms with Gasteiger partial charge in [-0.3, -0.25) is 4.79 Å². The second-order valence-electron chi connectivity index (χ2n) is 6.41. The fraction of sp³-hybridized carbons (Fsp3) is 0.300. The molecular weight excluding hydrogens is 356 g/mol. The average molecular weight is 375 g/mol. The Balaban J connectivity index is 1.56.